The highest BCUT2D eigenvalue weighted by Crippen LogP contribution is 2.18. The van der Waals surface area contributed by atoms with Crippen LogP contribution in [0.15, 0.2) is 17.2 Å². The highest BCUT2D eigenvalue weighted by atomic mass is 32.2. The van der Waals surface area contributed by atoms with Crippen molar-refractivity contribution in [3.8, 4) is 0 Å². The summed E-state index contributed by atoms with van der Waals surface area (Å²) in [6.45, 7) is 3.10. The van der Waals surface area contributed by atoms with Gasteiger partial charge in [0.2, 0.25) is 10.0 Å². The zero-order chi connectivity index (χ0) is 15.5. The molecule has 1 heterocycles. The molecule has 1 rings (SSSR count). The molecule has 0 saturated heterocycles. The van der Waals surface area contributed by atoms with Crippen LogP contribution in [0.4, 0.5) is 0 Å². The molecule has 0 aromatic carbocycles. The van der Waals surface area contributed by atoms with Gasteiger partial charge in [0, 0.05) is 32.9 Å². The lowest BCUT2D eigenvalue weighted by molar-refractivity contribution is 0.0685. The summed E-state index contributed by atoms with van der Waals surface area (Å²) in [4.78, 5) is 13.0. The normalized spacial score (nSPS) is 12.3. The van der Waals surface area contributed by atoms with Gasteiger partial charge in [-0.15, -0.1) is 0 Å². The first-order valence-electron chi connectivity index (χ1n) is 6.24. The van der Waals surface area contributed by atoms with Crippen LogP contribution in [0.2, 0.25) is 0 Å². The first-order chi connectivity index (χ1) is 9.20. The number of aryl methyl sites for hydroxylation is 1. The van der Waals surface area contributed by atoms with Gasteiger partial charge in [-0.1, -0.05) is 0 Å². The quantitative estimate of drug-likeness (QED) is 0.788. The van der Waals surface area contributed by atoms with Crippen LogP contribution in [0.1, 0.15) is 17.4 Å². The molecule has 0 aliphatic rings. The van der Waals surface area contributed by atoms with Crippen LogP contribution in [-0.4, -0.2) is 67.5 Å². The van der Waals surface area contributed by atoms with Crippen LogP contribution in [0, 0.1) is 0 Å². The molecule has 1 aromatic rings. The molecule has 7 nitrogen and oxygen atoms in total. The predicted octanol–water partition coefficient (Wildman–Crippen LogP) is 0.388. The molecular formula is C12H21N3O4S. The lowest BCUT2D eigenvalue weighted by Crippen LogP contribution is -2.33. The Morgan fingerprint density at radius 1 is 1.30 bits per heavy atom. The van der Waals surface area contributed by atoms with Gasteiger partial charge in [-0.3, -0.25) is 0 Å². The molecule has 0 spiro atoms. The van der Waals surface area contributed by atoms with Crippen LogP contribution < -0.4 is 0 Å². The zero-order valence-corrected chi connectivity index (χ0v) is 13.0. The zero-order valence-electron chi connectivity index (χ0n) is 12.2. The van der Waals surface area contributed by atoms with Crippen molar-refractivity contribution in [2.24, 2.45) is 0 Å². The highest BCUT2D eigenvalue weighted by molar-refractivity contribution is 7.89. The lowest BCUT2D eigenvalue weighted by atomic mass is 10.4. The van der Waals surface area contributed by atoms with Gasteiger partial charge in [0.1, 0.15) is 10.6 Å². The number of carboxylic acid groups (broad SMARTS) is 1. The number of likely N-dealkylation sites (N-methyl/N-ethyl adjacent to an activating group) is 2. The molecule has 8 heteroatoms. The molecule has 0 amide bonds. The third-order valence-corrected chi connectivity index (χ3v) is 4.82. The summed E-state index contributed by atoms with van der Waals surface area (Å²) < 4.78 is 27.3. The van der Waals surface area contributed by atoms with Crippen molar-refractivity contribution in [3.63, 3.8) is 0 Å². The molecule has 20 heavy (non-hydrogen) atoms. The van der Waals surface area contributed by atoms with E-state index in [2.05, 4.69) is 0 Å². The van der Waals surface area contributed by atoms with Gasteiger partial charge in [-0.05, 0) is 27.1 Å². The van der Waals surface area contributed by atoms with Crippen molar-refractivity contribution in [2.45, 2.75) is 18.4 Å². The van der Waals surface area contributed by atoms with E-state index in [-0.39, 0.29) is 10.6 Å². The van der Waals surface area contributed by atoms with E-state index in [1.807, 2.05) is 19.0 Å². The summed E-state index contributed by atoms with van der Waals surface area (Å²) in [6, 6.07) is 1.20. The van der Waals surface area contributed by atoms with E-state index in [1.165, 1.54) is 28.2 Å². The summed E-state index contributed by atoms with van der Waals surface area (Å²) in [7, 11) is 1.55. The number of nitrogens with zero attached hydrogens (tertiary/aromatic N) is 3. The third kappa shape index (κ3) is 3.59. The Morgan fingerprint density at radius 2 is 1.90 bits per heavy atom. The fourth-order valence-electron chi connectivity index (χ4n) is 1.71. The van der Waals surface area contributed by atoms with Crippen LogP contribution in [0.3, 0.4) is 0 Å². The number of aromatic nitrogens is 1. The molecule has 0 aliphatic heterocycles. The van der Waals surface area contributed by atoms with E-state index >= 15 is 0 Å². The second-order valence-corrected chi connectivity index (χ2v) is 6.83. The third-order valence-electron chi connectivity index (χ3n) is 3.00. The number of sulfonamides is 1. The summed E-state index contributed by atoms with van der Waals surface area (Å²) in [6.07, 6.45) is 1.37. The second kappa shape index (κ2) is 6.38. The molecule has 0 unspecified atom stereocenters. The number of aromatic carboxylic acids is 1. The molecule has 0 bridgehead atoms. The standard InChI is InChI=1S/C12H21N3O4S/c1-5-15-9-10(8-11(15)12(16)17)20(18,19)14(4)7-6-13(2)3/h8-9H,5-7H2,1-4H3,(H,16,17). The van der Waals surface area contributed by atoms with Crippen molar-refractivity contribution in [2.75, 3.05) is 34.2 Å². The van der Waals surface area contributed by atoms with Crippen molar-refractivity contribution in [1.82, 2.24) is 13.8 Å². The van der Waals surface area contributed by atoms with Gasteiger partial charge >= 0.3 is 5.97 Å². The Hall–Kier alpha value is -1.38. The fraction of sp³-hybridized carbons (Fsp3) is 0.583. The number of hydrogen-bond donors (Lipinski definition) is 1. The van der Waals surface area contributed by atoms with Gasteiger partial charge < -0.3 is 14.6 Å². The van der Waals surface area contributed by atoms with Crippen LogP contribution in [0.5, 0.6) is 0 Å². The Balaban J connectivity index is 3.06. The number of rotatable bonds is 7. The van der Waals surface area contributed by atoms with Gasteiger partial charge in [-0.2, -0.15) is 4.31 Å². The van der Waals surface area contributed by atoms with E-state index in [1.54, 1.807) is 6.92 Å². The maximum absolute atomic E-state index is 12.3. The number of hydrogen-bond acceptors (Lipinski definition) is 4. The second-order valence-electron chi connectivity index (χ2n) is 4.78. The highest BCUT2D eigenvalue weighted by Gasteiger charge is 2.24. The molecule has 1 N–H and O–H groups in total. The Labute approximate surface area is 119 Å². The van der Waals surface area contributed by atoms with Gasteiger partial charge in [0.05, 0.1) is 0 Å². The topological polar surface area (TPSA) is 82.9 Å². The first-order valence-corrected chi connectivity index (χ1v) is 7.68. The SMILES string of the molecule is CCn1cc(S(=O)(=O)N(C)CCN(C)C)cc1C(=O)O. The van der Waals surface area contributed by atoms with E-state index in [9.17, 15) is 13.2 Å². The van der Waals surface area contributed by atoms with Crippen molar-refractivity contribution < 1.29 is 18.3 Å². The predicted molar refractivity (Wildman–Crippen MR) is 75.4 cm³/mol. The van der Waals surface area contributed by atoms with Gasteiger partial charge in [-0.25, -0.2) is 13.2 Å². The maximum Gasteiger partial charge on any atom is 0.352 e. The molecule has 0 saturated carbocycles. The number of carbonyl (C=O) groups is 1. The van der Waals surface area contributed by atoms with E-state index in [4.69, 9.17) is 5.11 Å². The Morgan fingerprint density at radius 3 is 2.30 bits per heavy atom. The minimum Gasteiger partial charge on any atom is -0.477 e. The summed E-state index contributed by atoms with van der Waals surface area (Å²) in [5.41, 5.74) is -0.0212. The fourth-order valence-corrected chi connectivity index (χ4v) is 2.91. The number of carboxylic acids is 1. The average Bonchev–Trinajstić information content (AvgIpc) is 2.80. The molecule has 0 atom stereocenters. The Kier molecular flexibility index (Phi) is 5.32. The molecule has 114 valence electrons. The minimum absolute atomic E-state index is 0.0120. The summed E-state index contributed by atoms with van der Waals surface area (Å²) in [5, 5.41) is 9.05. The minimum atomic E-state index is -3.66. The summed E-state index contributed by atoms with van der Waals surface area (Å²) >= 11 is 0. The maximum atomic E-state index is 12.3. The molecule has 0 radical (unpaired) electrons. The first kappa shape index (κ1) is 16.7. The largest absolute Gasteiger partial charge is 0.477 e. The van der Waals surface area contributed by atoms with E-state index < -0.39 is 16.0 Å². The molecule has 1 aromatic heterocycles. The lowest BCUT2D eigenvalue weighted by Gasteiger charge is -2.18. The monoisotopic (exact) mass is 303 g/mol. The molecular weight excluding hydrogens is 282 g/mol. The molecule has 0 aliphatic carbocycles. The van der Waals surface area contributed by atoms with Crippen molar-refractivity contribution >= 4 is 16.0 Å². The van der Waals surface area contributed by atoms with E-state index in [0.717, 1.165) is 0 Å². The van der Waals surface area contributed by atoms with Crippen molar-refractivity contribution in [3.05, 3.63) is 18.0 Å². The average molecular weight is 303 g/mol. The van der Waals surface area contributed by atoms with Gasteiger partial charge in [0.15, 0.2) is 0 Å². The summed E-state index contributed by atoms with van der Waals surface area (Å²) in [5.74, 6) is -1.13. The van der Waals surface area contributed by atoms with Gasteiger partial charge in [0.25, 0.3) is 0 Å². The van der Waals surface area contributed by atoms with Crippen molar-refractivity contribution in [1.29, 1.82) is 0 Å². The van der Waals surface area contributed by atoms with E-state index in [0.29, 0.717) is 19.6 Å². The van der Waals surface area contributed by atoms with Crippen LogP contribution in [-0.2, 0) is 16.6 Å². The molecule has 0 fully saturated rings. The Bertz CT molecular complexity index is 578. The van der Waals surface area contributed by atoms with Crippen LogP contribution in [0.25, 0.3) is 0 Å². The smallest absolute Gasteiger partial charge is 0.352 e. The van der Waals surface area contributed by atoms with Crippen LogP contribution >= 0.6 is 0 Å².